The van der Waals surface area contributed by atoms with Crippen molar-refractivity contribution in [3.8, 4) is 11.5 Å². The average Bonchev–Trinajstić information content (AvgIpc) is 3.22. The molecule has 4 aromatic rings. The molecule has 1 heterocycles. The summed E-state index contributed by atoms with van der Waals surface area (Å²) in [4.78, 5) is 28.5. The van der Waals surface area contributed by atoms with E-state index in [1.165, 1.54) is 12.0 Å². The van der Waals surface area contributed by atoms with Gasteiger partial charge in [0.05, 0.1) is 18.7 Å². The molecule has 1 aliphatic heterocycles. The molecule has 1 saturated heterocycles. The number of ketones is 1. The molecule has 1 fully saturated rings. The fraction of sp³-hybridized carbons (Fsp3) is 0.152. The third-order valence-electron chi connectivity index (χ3n) is 6.94. The van der Waals surface area contributed by atoms with E-state index in [9.17, 15) is 14.7 Å². The van der Waals surface area contributed by atoms with Crippen LogP contribution in [0.25, 0.3) is 5.76 Å². The van der Waals surface area contributed by atoms with Gasteiger partial charge in [-0.3, -0.25) is 14.5 Å². The molecule has 1 unspecified atom stereocenters. The number of hydrogen-bond donors (Lipinski definition) is 1. The molecule has 1 N–H and O–H groups in total. The van der Waals surface area contributed by atoms with Crippen molar-refractivity contribution >= 4 is 23.1 Å². The number of aryl methyl sites for hydroxylation is 2. The van der Waals surface area contributed by atoms with Gasteiger partial charge in [-0.25, -0.2) is 0 Å². The van der Waals surface area contributed by atoms with Gasteiger partial charge >= 0.3 is 0 Å². The molecule has 1 atom stereocenters. The molecule has 0 saturated carbocycles. The summed E-state index contributed by atoms with van der Waals surface area (Å²) in [7, 11) is 1.54. The van der Waals surface area contributed by atoms with Crippen LogP contribution in [0.5, 0.6) is 11.5 Å². The smallest absolute Gasteiger partial charge is 0.300 e. The maximum atomic E-state index is 13.5. The van der Waals surface area contributed by atoms with Crippen LogP contribution < -0.4 is 14.4 Å². The highest BCUT2D eigenvalue weighted by molar-refractivity contribution is 6.51. The Balaban J connectivity index is 1.60. The van der Waals surface area contributed by atoms with E-state index in [0.29, 0.717) is 34.9 Å². The van der Waals surface area contributed by atoms with Crippen molar-refractivity contribution < 1.29 is 24.2 Å². The third kappa shape index (κ3) is 4.89. The Morgan fingerprint density at radius 1 is 0.821 bits per heavy atom. The number of anilines is 1. The normalized spacial score (nSPS) is 16.4. The van der Waals surface area contributed by atoms with Crippen molar-refractivity contribution in [1.29, 1.82) is 0 Å². The van der Waals surface area contributed by atoms with Crippen LogP contribution in [0.15, 0.2) is 103 Å². The van der Waals surface area contributed by atoms with E-state index in [0.717, 1.165) is 16.7 Å². The summed E-state index contributed by atoms with van der Waals surface area (Å²) >= 11 is 0. The molecule has 196 valence electrons. The van der Waals surface area contributed by atoms with Crippen LogP contribution in [0.2, 0.25) is 0 Å². The highest BCUT2D eigenvalue weighted by Gasteiger charge is 2.48. The molecule has 5 rings (SSSR count). The Hall–Kier alpha value is -4.84. The first-order chi connectivity index (χ1) is 18.9. The van der Waals surface area contributed by atoms with Gasteiger partial charge in [0.25, 0.3) is 11.7 Å². The van der Waals surface area contributed by atoms with Gasteiger partial charge in [-0.05, 0) is 60.9 Å². The van der Waals surface area contributed by atoms with E-state index in [-0.39, 0.29) is 11.3 Å². The highest BCUT2D eigenvalue weighted by Crippen LogP contribution is 2.45. The number of methoxy groups -OCH3 is 1. The first-order valence-electron chi connectivity index (χ1n) is 12.7. The molecule has 0 bridgehead atoms. The maximum absolute atomic E-state index is 13.5. The van der Waals surface area contributed by atoms with Crippen molar-refractivity contribution in [3.05, 3.63) is 130 Å². The molecule has 0 spiro atoms. The lowest BCUT2D eigenvalue weighted by Crippen LogP contribution is -2.30. The van der Waals surface area contributed by atoms with E-state index in [2.05, 4.69) is 0 Å². The van der Waals surface area contributed by atoms with Crippen LogP contribution in [0.3, 0.4) is 0 Å². The van der Waals surface area contributed by atoms with E-state index in [1.54, 1.807) is 36.4 Å². The summed E-state index contributed by atoms with van der Waals surface area (Å²) in [5.74, 6) is -0.542. The summed E-state index contributed by atoms with van der Waals surface area (Å²) in [5.41, 5.74) is 4.27. The molecule has 1 aliphatic rings. The second-order valence-electron chi connectivity index (χ2n) is 9.45. The van der Waals surface area contributed by atoms with Gasteiger partial charge in [-0.2, -0.15) is 0 Å². The standard InChI is InChI=1S/C33H29NO5/c1-21-11-7-9-15-26(21)34-30(25-14-8-10-16-28(25)38-3)29(32(36)33(34)37)31(35)24-17-18-27(22(2)19-24)39-20-23-12-5-4-6-13-23/h4-19,30,35H,20H2,1-3H3/b31-29+. The lowest BCUT2D eigenvalue weighted by atomic mass is 9.93. The predicted octanol–water partition coefficient (Wildman–Crippen LogP) is 6.52. The van der Waals surface area contributed by atoms with Crippen LogP contribution in [-0.4, -0.2) is 23.9 Å². The van der Waals surface area contributed by atoms with Crippen molar-refractivity contribution in [3.63, 3.8) is 0 Å². The number of aliphatic hydroxyl groups excluding tert-OH is 1. The molecule has 39 heavy (non-hydrogen) atoms. The maximum Gasteiger partial charge on any atom is 0.300 e. The van der Waals surface area contributed by atoms with Gasteiger partial charge in [0.1, 0.15) is 23.9 Å². The molecule has 0 radical (unpaired) electrons. The minimum absolute atomic E-state index is 0.00473. The Morgan fingerprint density at radius 2 is 1.51 bits per heavy atom. The summed E-state index contributed by atoms with van der Waals surface area (Å²) in [6.45, 7) is 4.16. The second-order valence-corrected chi connectivity index (χ2v) is 9.45. The first kappa shape index (κ1) is 25.8. The fourth-order valence-electron chi connectivity index (χ4n) is 4.95. The zero-order valence-corrected chi connectivity index (χ0v) is 22.0. The molecule has 6 heteroatoms. The number of rotatable bonds is 7. The zero-order chi connectivity index (χ0) is 27.5. The summed E-state index contributed by atoms with van der Waals surface area (Å²) in [6.07, 6.45) is 0. The minimum Gasteiger partial charge on any atom is -0.507 e. The number of amides is 1. The van der Waals surface area contributed by atoms with Crippen molar-refractivity contribution in [1.82, 2.24) is 0 Å². The molecule has 6 nitrogen and oxygen atoms in total. The monoisotopic (exact) mass is 519 g/mol. The second kappa shape index (κ2) is 10.9. The number of Topliss-reactive ketones (excluding diaryl/α,β-unsaturated/α-hetero) is 1. The summed E-state index contributed by atoms with van der Waals surface area (Å²) in [6, 6.07) is 28.8. The number of aliphatic hydroxyl groups is 1. The summed E-state index contributed by atoms with van der Waals surface area (Å²) < 4.78 is 11.6. The lowest BCUT2D eigenvalue weighted by molar-refractivity contribution is -0.132. The van der Waals surface area contributed by atoms with Gasteiger partial charge in [0, 0.05) is 16.8 Å². The molecular formula is C33H29NO5. The van der Waals surface area contributed by atoms with Crippen molar-refractivity contribution in [2.45, 2.75) is 26.5 Å². The third-order valence-corrected chi connectivity index (χ3v) is 6.94. The quantitative estimate of drug-likeness (QED) is 0.171. The van der Waals surface area contributed by atoms with E-state index in [1.807, 2.05) is 74.5 Å². The zero-order valence-electron chi connectivity index (χ0n) is 22.0. The van der Waals surface area contributed by atoms with Gasteiger partial charge in [0.2, 0.25) is 0 Å². The van der Waals surface area contributed by atoms with Crippen LogP contribution in [0.4, 0.5) is 5.69 Å². The number of ether oxygens (including phenoxy) is 2. The summed E-state index contributed by atoms with van der Waals surface area (Å²) in [5, 5.41) is 11.6. The Labute approximate surface area is 227 Å². The van der Waals surface area contributed by atoms with Gasteiger partial charge in [-0.1, -0.05) is 66.7 Å². The average molecular weight is 520 g/mol. The number of carbonyl (C=O) groups is 2. The SMILES string of the molecule is COc1ccccc1C1/C(=C(\O)c2ccc(OCc3ccccc3)c(C)c2)C(=O)C(=O)N1c1ccccc1C. The number of hydrogen-bond acceptors (Lipinski definition) is 5. The van der Waals surface area contributed by atoms with Gasteiger partial charge in [0.15, 0.2) is 0 Å². The molecule has 1 amide bonds. The van der Waals surface area contributed by atoms with Crippen LogP contribution in [-0.2, 0) is 16.2 Å². The number of para-hydroxylation sites is 2. The Morgan fingerprint density at radius 3 is 2.23 bits per heavy atom. The number of nitrogens with zero attached hydrogens (tertiary/aromatic N) is 1. The topological polar surface area (TPSA) is 76.1 Å². The molecule has 0 aliphatic carbocycles. The van der Waals surface area contributed by atoms with Crippen LogP contribution >= 0.6 is 0 Å². The van der Waals surface area contributed by atoms with E-state index >= 15 is 0 Å². The van der Waals surface area contributed by atoms with E-state index in [4.69, 9.17) is 9.47 Å². The largest absolute Gasteiger partial charge is 0.507 e. The Bertz CT molecular complexity index is 1570. The van der Waals surface area contributed by atoms with Gasteiger partial charge in [-0.15, -0.1) is 0 Å². The minimum atomic E-state index is -0.878. The van der Waals surface area contributed by atoms with E-state index < -0.39 is 17.7 Å². The van der Waals surface area contributed by atoms with Crippen molar-refractivity contribution in [2.24, 2.45) is 0 Å². The number of carbonyl (C=O) groups excluding carboxylic acids is 2. The lowest BCUT2D eigenvalue weighted by Gasteiger charge is -2.27. The molecular weight excluding hydrogens is 490 g/mol. The molecule has 4 aromatic carbocycles. The number of benzene rings is 4. The fourth-order valence-corrected chi connectivity index (χ4v) is 4.95. The highest BCUT2D eigenvalue weighted by atomic mass is 16.5. The van der Waals surface area contributed by atoms with Crippen LogP contribution in [0.1, 0.15) is 33.9 Å². The predicted molar refractivity (Wildman–Crippen MR) is 151 cm³/mol. The van der Waals surface area contributed by atoms with Gasteiger partial charge < -0.3 is 14.6 Å². The Kier molecular flexibility index (Phi) is 7.19. The van der Waals surface area contributed by atoms with Crippen molar-refractivity contribution in [2.75, 3.05) is 12.0 Å². The molecule has 0 aromatic heterocycles. The first-order valence-corrected chi connectivity index (χ1v) is 12.7. The van der Waals surface area contributed by atoms with Crippen LogP contribution in [0, 0.1) is 13.8 Å².